The Morgan fingerprint density at radius 3 is 1.80 bits per heavy atom. The molecule has 1 N–H and O–H groups in total. The maximum atomic E-state index is 8.11. The molecule has 0 aromatic heterocycles. The van der Waals surface area contributed by atoms with Gasteiger partial charge in [0.2, 0.25) is 0 Å². The second-order valence-corrected chi connectivity index (χ2v) is 0.0816. The van der Waals surface area contributed by atoms with Gasteiger partial charge in [0.05, 0.1) is 0 Å². The Morgan fingerprint density at radius 2 is 1.80 bits per heavy atom. The number of nitrogens with zero attached hydrogens (tertiary/aromatic N) is 1. The zero-order chi connectivity index (χ0) is 2.71. The van der Waals surface area contributed by atoms with Crippen molar-refractivity contribution in [3.8, 4) is 0 Å². The first-order valence-corrected chi connectivity index (χ1v) is 0.383. The van der Waals surface area contributed by atoms with E-state index in [2.05, 4.69) is 0 Å². The smallest absolute Gasteiger partial charge is 1.00 e. The molecule has 0 atom stereocenters. The van der Waals surface area contributed by atoms with Crippen LogP contribution in [0.1, 0.15) is 1.43 Å². The minimum Gasteiger partial charge on any atom is -1.00 e. The predicted octanol–water partition coefficient (Wildman–Crippen LogP) is -2.74. The summed E-state index contributed by atoms with van der Waals surface area (Å²) >= 11 is 0. The fraction of sp³-hybridized carbons (Fsp3) is 0. The Kier molecular flexibility index (Phi) is 86.3. The van der Waals surface area contributed by atoms with E-state index in [1.165, 1.54) is 5.34 Å². The van der Waals surface area contributed by atoms with Gasteiger partial charge in [-0.25, -0.2) is 0 Å². The zero-order valence-corrected chi connectivity index (χ0v) is 3.86. The monoisotopic (exact) mass is 110 g/mol. The topological polar surface area (TPSA) is 49.7 Å². The number of rotatable bonds is 0. The van der Waals surface area contributed by atoms with Crippen molar-refractivity contribution in [1.82, 2.24) is 0 Å². The molecule has 0 bridgehead atoms. The van der Waals surface area contributed by atoms with E-state index in [-0.39, 0.29) is 37.4 Å². The molecule has 3 nitrogen and oxygen atoms in total. The van der Waals surface area contributed by atoms with Crippen molar-refractivity contribution in [3.05, 3.63) is 4.91 Å². The fourth-order valence-electron chi connectivity index (χ4n) is 0. The van der Waals surface area contributed by atoms with E-state index in [1.807, 2.05) is 0 Å². The molecule has 1 radical (unpaired) electrons. The van der Waals surface area contributed by atoms with Gasteiger partial charge in [-0.15, -0.1) is 4.91 Å². The van der Waals surface area contributed by atoms with Gasteiger partial charge in [0.15, 0.2) is 5.34 Å². The summed E-state index contributed by atoms with van der Waals surface area (Å²) in [5.74, 6) is 0. The maximum Gasteiger partial charge on any atom is 1.00 e. The summed E-state index contributed by atoms with van der Waals surface area (Å²) in [6, 6.07) is 0. The van der Waals surface area contributed by atoms with Crippen LogP contribution in [0.4, 0.5) is 0 Å². The third-order valence-corrected chi connectivity index (χ3v) is 0. The number of hydrogen-bond acceptors (Lipinski definition) is 2. The summed E-state index contributed by atoms with van der Waals surface area (Å²) in [6.07, 6.45) is 0. The van der Waals surface area contributed by atoms with Gasteiger partial charge in [-0.2, -0.15) is 0 Å². The largest absolute Gasteiger partial charge is 1.00 e. The number of hydrogen-bond donors (Lipinski definition) is 1. The second-order valence-electron chi connectivity index (χ2n) is 0.0816. The van der Waals surface area contributed by atoms with Gasteiger partial charge in [0, 0.05) is 17.1 Å². The normalized spacial score (nSPS) is 2.40. The van der Waals surface area contributed by atoms with Gasteiger partial charge >= 0.3 is 18.9 Å². The Hall–Kier alpha value is 0.517. The van der Waals surface area contributed by atoms with Crippen LogP contribution in [0.25, 0.3) is 0 Å². The van der Waals surface area contributed by atoms with Crippen molar-refractivity contribution in [1.29, 1.82) is 0 Å². The first-order chi connectivity index (χ1) is 1.41. The van der Waals surface area contributed by atoms with Crippen LogP contribution in [-0.4, -0.2) is 5.21 Å². The SMILES string of the molecule is O=NO.[H-].[Li+].[Mn]. The second kappa shape index (κ2) is 24.3. The molecule has 0 spiro atoms. The standard InChI is InChI=1S/Li.Mn.HNO2.H/c;;2-1-3;/h;;(H,2,3);/q+1;;;-1. The van der Waals surface area contributed by atoms with Crippen LogP contribution in [-0.2, 0) is 17.1 Å². The molecule has 5 heavy (non-hydrogen) atoms. The molecule has 0 amide bonds. The van der Waals surface area contributed by atoms with Gasteiger partial charge in [0.1, 0.15) is 0 Å². The molecule has 0 saturated carbocycles. The summed E-state index contributed by atoms with van der Waals surface area (Å²) in [5, 5.41) is 7.89. The molecule has 0 rings (SSSR count). The van der Waals surface area contributed by atoms with Gasteiger partial charge in [-0.05, 0) is 0 Å². The van der Waals surface area contributed by atoms with Crippen molar-refractivity contribution in [2.24, 2.45) is 5.34 Å². The molecule has 0 saturated heterocycles. The van der Waals surface area contributed by atoms with Crippen LogP contribution < -0.4 is 18.9 Å². The third-order valence-electron chi connectivity index (χ3n) is 0. The van der Waals surface area contributed by atoms with Crippen molar-refractivity contribution >= 4 is 0 Å². The molecule has 0 aliphatic carbocycles. The third kappa shape index (κ3) is 107. The Labute approximate surface area is 53.2 Å². The van der Waals surface area contributed by atoms with Crippen LogP contribution in [0, 0.1) is 4.91 Å². The average molecular weight is 110 g/mol. The Bertz CT molecular complexity index is 21.0. The van der Waals surface area contributed by atoms with E-state index in [0.717, 1.165) is 0 Å². The van der Waals surface area contributed by atoms with E-state index < -0.39 is 0 Å². The van der Waals surface area contributed by atoms with E-state index in [9.17, 15) is 0 Å². The summed E-state index contributed by atoms with van der Waals surface area (Å²) in [6.45, 7) is 0. The van der Waals surface area contributed by atoms with Gasteiger partial charge in [0.25, 0.3) is 0 Å². The summed E-state index contributed by atoms with van der Waals surface area (Å²) in [4.78, 5) is 8.11. The Balaban J connectivity index is -0.00000000667. The Morgan fingerprint density at radius 1 is 1.80 bits per heavy atom. The fourth-order valence-corrected chi connectivity index (χ4v) is 0. The molecule has 0 fully saturated rings. The minimum absolute atomic E-state index is 0. The first kappa shape index (κ1) is 17.8. The van der Waals surface area contributed by atoms with Crippen molar-refractivity contribution < 1.29 is 42.6 Å². The average Bonchev–Trinajstić information content (AvgIpc) is 0.918. The first-order valence-electron chi connectivity index (χ1n) is 0.383. The minimum atomic E-state index is 0. The molecule has 5 heteroatoms. The molecular formula is H2LiMnNO2. The quantitative estimate of drug-likeness (QED) is 0.209. The molecule has 27 valence electrons. The summed E-state index contributed by atoms with van der Waals surface area (Å²) in [5.41, 5.74) is 0. The molecule has 0 heterocycles. The van der Waals surface area contributed by atoms with Gasteiger partial charge in [-0.1, -0.05) is 0 Å². The van der Waals surface area contributed by atoms with Crippen molar-refractivity contribution in [2.45, 2.75) is 0 Å². The molecule has 0 aromatic rings. The molecule has 0 aliphatic heterocycles. The van der Waals surface area contributed by atoms with Crippen molar-refractivity contribution in [2.75, 3.05) is 0 Å². The van der Waals surface area contributed by atoms with E-state index in [1.54, 1.807) is 0 Å². The molecule has 0 aromatic carbocycles. The molecule has 0 unspecified atom stereocenters. The molecular weight excluding hydrogens is 108 g/mol. The summed E-state index contributed by atoms with van der Waals surface area (Å²) in [7, 11) is 0. The van der Waals surface area contributed by atoms with Crippen LogP contribution in [0.2, 0.25) is 0 Å². The van der Waals surface area contributed by atoms with E-state index in [0.29, 0.717) is 0 Å². The van der Waals surface area contributed by atoms with Crippen LogP contribution in [0.5, 0.6) is 0 Å². The summed E-state index contributed by atoms with van der Waals surface area (Å²) < 4.78 is 0. The van der Waals surface area contributed by atoms with Crippen molar-refractivity contribution in [3.63, 3.8) is 0 Å². The van der Waals surface area contributed by atoms with Gasteiger partial charge < -0.3 is 6.63 Å². The van der Waals surface area contributed by atoms with Crippen LogP contribution >= 0.6 is 0 Å². The predicted molar refractivity (Wildman–Crippen MR) is 8.69 cm³/mol. The van der Waals surface area contributed by atoms with E-state index in [4.69, 9.17) is 10.1 Å². The van der Waals surface area contributed by atoms with Crippen LogP contribution in [0.3, 0.4) is 0 Å². The molecule has 0 aliphatic rings. The van der Waals surface area contributed by atoms with E-state index >= 15 is 0 Å². The van der Waals surface area contributed by atoms with Crippen LogP contribution in [0.15, 0.2) is 5.34 Å². The maximum absolute atomic E-state index is 8.11. The van der Waals surface area contributed by atoms with Gasteiger partial charge in [-0.3, -0.25) is 0 Å². The zero-order valence-electron chi connectivity index (χ0n) is 3.68.